The zero-order valence-electron chi connectivity index (χ0n) is 9.78. The summed E-state index contributed by atoms with van der Waals surface area (Å²) in [6, 6.07) is 0. The van der Waals surface area contributed by atoms with Crippen molar-refractivity contribution in [1.82, 2.24) is 15.2 Å². The Morgan fingerprint density at radius 2 is 2.06 bits per heavy atom. The van der Waals surface area contributed by atoms with E-state index in [9.17, 15) is 4.79 Å². The fourth-order valence-corrected chi connectivity index (χ4v) is 1.04. The number of nitrogens with zero attached hydrogens (tertiary/aromatic N) is 3. The summed E-state index contributed by atoms with van der Waals surface area (Å²) in [6.07, 6.45) is 0.296. The van der Waals surface area contributed by atoms with E-state index in [1.54, 1.807) is 6.92 Å². The van der Waals surface area contributed by atoms with E-state index in [1.165, 1.54) is 0 Å². The molecule has 1 rings (SSSR count). The van der Waals surface area contributed by atoms with Crippen LogP contribution in [-0.4, -0.2) is 34.3 Å². The van der Waals surface area contributed by atoms with Gasteiger partial charge in [0.25, 0.3) is 0 Å². The van der Waals surface area contributed by atoms with Gasteiger partial charge in [-0.3, -0.25) is 4.79 Å². The van der Waals surface area contributed by atoms with E-state index < -0.39 is 0 Å². The molecule has 6 nitrogen and oxygen atoms in total. The Morgan fingerprint density at radius 3 is 2.69 bits per heavy atom. The number of hydrogen-bond donors (Lipinski definition) is 1. The number of nitrogens with one attached hydrogen (secondary N) is 1. The number of hydrogen-bond acceptors (Lipinski definition) is 6. The van der Waals surface area contributed by atoms with Crippen molar-refractivity contribution in [3.8, 4) is 0 Å². The van der Waals surface area contributed by atoms with E-state index >= 15 is 0 Å². The number of esters is 1. The van der Waals surface area contributed by atoms with Crippen molar-refractivity contribution >= 4 is 11.9 Å². The number of carbonyl (C=O) groups excluding carboxylic acids is 1. The SMILES string of the molecule is CCOC(=O)CCNc1nnc(C)c(C)n1. The first-order valence-corrected chi connectivity index (χ1v) is 5.21. The summed E-state index contributed by atoms with van der Waals surface area (Å²) in [5.41, 5.74) is 1.63. The molecular weight excluding hydrogens is 208 g/mol. The normalized spacial score (nSPS) is 9.94. The molecule has 16 heavy (non-hydrogen) atoms. The molecule has 0 spiro atoms. The van der Waals surface area contributed by atoms with Gasteiger partial charge in [-0.05, 0) is 20.8 Å². The summed E-state index contributed by atoms with van der Waals surface area (Å²) in [5, 5.41) is 10.7. The molecule has 0 fully saturated rings. The highest BCUT2D eigenvalue weighted by molar-refractivity contribution is 5.69. The molecule has 1 aromatic rings. The van der Waals surface area contributed by atoms with Gasteiger partial charge >= 0.3 is 5.97 Å². The summed E-state index contributed by atoms with van der Waals surface area (Å²) < 4.78 is 4.79. The van der Waals surface area contributed by atoms with E-state index in [0.717, 1.165) is 11.4 Å². The van der Waals surface area contributed by atoms with E-state index in [-0.39, 0.29) is 5.97 Å². The lowest BCUT2D eigenvalue weighted by Gasteiger charge is -2.05. The second kappa shape index (κ2) is 5.99. The number of ether oxygens (including phenoxy) is 1. The lowest BCUT2D eigenvalue weighted by Crippen LogP contribution is -2.13. The Morgan fingerprint density at radius 1 is 1.31 bits per heavy atom. The van der Waals surface area contributed by atoms with E-state index in [0.29, 0.717) is 25.5 Å². The minimum absolute atomic E-state index is 0.230. The van der Waals surface area contributed by atoms with Crippen LogP contribution in [0.4, 0.5) is 5.95 Å². The molecule has 0 aliphatic heterocycles. The highest BCUT2D eigenvalue weighted by atomic mass is 16.5. The highest BCUT2D eigenvalue weighted by Crippen LogP contribution is 2.01. The second-order valence-corrected chi connectivity index (χ2v) is 3.29. The predicted octanol–water partition coefficient (Wildman–Crippen LogP) is 0.854. The van der Waals surface area contributed by atoms with Crippen molar-refractivity contribution in [3.05, 3.63) is 11.4 Å². The van der Waals surface area contributed by atoms with Crippen LogP contribution in [0.15, 0.2) is 0 Å². The quantitative estimate of drug-likeness (QED) is 0.747. The van der Waals surface area contributed by atoms with Crippen LogP contribution >= 0.6 is 0 Å². The number of aromatic nitrogens is 3. The van der Waals surface area contributed by atoms with E-state index in [2.05, 4.69) is 20.5 Å². The van der Waals surface area contributed by atoms with Crippen LogP contribution in [0.3, 0.4) is 0 Å². The number of rotatable bonds is 5. The topological polar surface area (TPSA) is 77.0 Å². The maximum absolute atomic E-state index is 11.0. The van der Waals surface area contributed by atoms with Crippen LogP contribution in [0, 0.1) is 13.8 Å². The summed E-state index contributed by atoms with van der Waals surface area (Å²) in [6.45, 7) is 6.34. The fraction of sp³-hybridized carbons (Fsp3) is 0.600. The second-order valence-electron chi connectivity index (χ2n) is 3.29. The van der Waals surface area contributed by atoms with Gasteiger partial charge in [0.2, 0.25) is 5.95 Å². The molecule has 1 aromatic heterocycles. The fourth-order valence-electron chi connectivity index (χ4n) is 1.04. The highest BCUT2D eigenvalue weighted by Gasteiger charge is 2.03. The number of aryl methyl sites for hydroxylation is 2. The van der Waals surface area contributed by atoms with Crippen molar-refractivity contribution < 1.29 is 9.53 Å². The van der Waals surface area contributed by atoms with Crippen LogP contribution in [0.5, 0.6) is 0 Å². The maximum atomic E-state index is 11.0. The Balaban J connectivity index is 2.37. The van der Waals surface area contributed by atoms with Crippen LogP contribution in [0.25, 0.3) is 0 Å². The summed E-state index contributed by atoms with van der Waals surface area (Å²) in [5.74, 6) is 0.208. The van der Waals surface area contributed by atoms with Crippen molar-refractivity contribution in [2.45, 2.75) is 27.2 Å². The summed E-state index contributed by atoms with van der Waals surface area (Å²) in [4.78, 5) is 15.2. The lowest BCUT2D eigenvalue weighted by molar-refractivity contribution is -0.142. The zero-order chi connectivity index (χ0) is 12.0. The summed E-state index contributed by atoms with van der Waals surface area (Å²) >= 11 is 0. The number of anilines is 1. The molecule has 0 saturated heterocycles. The molecule has 88 valence electrons. The maximum Gasteiger partial charge on any atom is 0.307 e. The molecule has 0 saturated carbocycles. The molecule has 0 aliphatic carbocycles. The van der Waals surface area contributed by atoms with E-state index in [1.807, 2.05) is 13.8 Å². The minimum Gasteiger partial charge on any atom is -0.466 e. The first kappa shape index (κ1) is 12.4. The largest absolute Gasteiger partial charge is 0.466 e. The van der Waals surface area contributed by atoms with Gasteiger partial charge in [-0.15, -0.1) is 5.10 Å². The van der Waals surface area contributed by atoms with Crippen LogP contribution in [-0.2, 0) is 9.53 Å². The van der Waals surface area contributed by atoms with Gasteiger partial charge in [0.05, 0.1) is 24.4 Å². The van der Waals surface area contributed by atoms with Crippen molar-refractivity contribution in [2.75, 3.05) is 18.5 Å². The third-order valence-electron chi connectivity index (χ3n) is 2.01. The molecule has 1 heterocycles. The first-order chi connectivity index (χ1) is 7.63. The molecule has 0 atom stereocenters. The zero-order valence-corrected chi connectivity index (χ0v) is 9.78. The van der Waals surface area contributed by atoms with Crippen molar-refractivity contribution in [1.29, 1.82) is 0 Å². The van der Waals surface area contributed by atoms with Crippen molar-refractivity contribution in [2.24, 2.45) is 0 Å². The van der Waals surface area contributed by atoms with Gasteiger partial charge in [-0.2, -0.15) is 5.10 Å². The molecule has 0 aliphatic rings. The molecule has 6 heteroatoms. The average molecular weight is 224 g/mol. The van der Waals surface area contributed by atoms with Gasteiger partial charge in [0.15, 0.2) is 0 Å². The average Bonchev–Trinajstić information content (AvgIpc) is 2.24. The Kier molecular flexibility index (Phi) is 4.63. The molecule has 0 radical (unpaired) electrons. The number of carbonyl (C=O) groups is 1. The third-order valence-corrected chi connectivity index (χ3v) is 2.01. The smallest absolute Gasteiger partial charge is 0.307 e. The Labute approximate surface area is 94.4 Å². The lowest BCUT2D eigenvalue weighted by atomic mass is 10.4. The first-order valence-electron chi connectivity index (χ1n) is 5.21. The Bertz CT molecular complexity index is 368. The molecule has 1 N–H and O–H groups in total. The molecule has 0 aromatic carbocycles. The monoisotopic (exact) mass is 224 g/mol. The van der Waals surface area contributed by atoms with Gasteiger partial charge in [0.1, 0.15) is 0 Å². The minimum atomic E-state index is -0.230. The van der Waals surface area contributed by atoms with Gasteiger partial charge < -0.3 is 10.1 Å². The van der Waals surface area contributed by atoms with Crippen LogP contribution in [0.1, 0.15) is 24.7 Å². The van der Waals surface area contributed by atoms with Gasteiger partial charge in [-0.25, -0.2) is 4.98 Å². The summed E-state index contributed by atoms with van der Waals surface area (Å²) in [7, 11) is 0. The van der Waals surface area contributed by atoms with Gasteiger partial charge in [0, 0.05) is 6.54 Å². The molecule has 0 amide bonds. The van der Waals surface area contributed by atoms with Crippen LogP contribution in [0.2, 0.25) is 0 Å². The molecular formula is C10H16N4O2. The third kappa shape index (κ3) is 3.80. The van der Waals surface area contributed by atoms with Crippen molar-refractivity contribution in [3.63, 3.8) is 0 Å². The molecule has 0 unspecified atom stereocenters. The van der Waals surface area contributed by atoms with Crippen LogP contribution < -0.4 is 5.32 Å². The van der Waals surface area contributed by atoms with Gasteiger partial charge in [-0.1, -0.05) is 0 Å². The molecule has 0 bridgehead atoms. The predicted molar refractivity (Wildman–Crippen MR) is 59.0 cm³/mol. The Hall–Kier alpha value is -1.72. The standard InChI is InChI=1S/C10H16N4O2/c1-4-16-9(15)5-6-11-10-12-7(2)8(3)13-14-10/h4-6H2,1-3H3,(H,11,12,14). The van der Waals surface area contributed by atoms with E-state index in [4.69, 9.17) is 4.74 Å².